The number of rotatable bonds is 3. The summed E-state index contributed by atoms with van der Waals surface area (Å²) in [6.45, 7) is 5.65. The van der Waals surface area contributed by atoms with Crippen LogP contribution in [0, 0.1) is 6.92 Å². The monoisotopic (exact) mass is 182 g/mol. The first-order valence-corrected chi connectivity index (χ1v) is 4.20. The van der Waals surface area contributed by atoms with Crippen molar-refractivity contribution in [3.8, 4) is 0 Å². The predicted molar refractivity (Wildman–Crippen MR) is 48.7 cm³/mol. The summed E-state index contributed by atoms with van der Waals surface area (Å²) in [5.41, 5.74) is 0.609. The van der Waals surface area contributed by atoms with Gasteiger partial charge in [-0.05, 0) is 18.6 Å². The van der Waals surface area contributed by atoms with Crippen LogP contribution in [0.15, 0.2) is 16.7 Å². The summed E-state index contributed by atoms with van der Waals surface area (Å²) < 4.78 is 5.14. The minimum Gasteiger partial charge on any atom is -0.481 e. The minimum absolute atomic E-state index is 0.118. The Hall–Kier alpha value is -1.25. The lowest BCUT2D eigenvalue weighted by Crippen LogP contribution is -2.21. The maximum atomic E-state index is 10.6. The maximum Gasteiger partial charge on any atom is 0.304 e. The molecular weight excluding hydrogens is 168 g/mol. The number of furan rings is 1. The Bertz CT molecular complexity index is 310. The van der Waals surface area contributed by atoms with Crippen molar-refractivity contribution >= 4 is 5.97 Å². The lowest BCUT2D eigenvalue weighted by Gasteiger charge is -2.21. The van der Waals surface area contributed by atoms with Crippen molar-refractivity contribution in [1.82, 2.24) is 0 Å². The summed E-state index contributed by atoms with van der Waals surface area (Å²) in [6, 6.07) is 1.83. The van der Waals surface area contributed by atoms with Gasteiger partial charge in [-0.15, -0.1) is 0 Å². The van der Waals surface area contributed by atoms with Gasteiger partial charge in [0.2, 0.25) is 0 Å². The molecule has 0 aliphatic rings. The van der Waals surface area contributed by atoms with Gasteiger partial charge in [0.05, 0.1) is 12.7 Å². The van der Waals surface area contributed by atoms with Crippen molar-refractivity contribution in [3.63, 3.8) is 0 Å². The molecule has 0 atom stereocenters. The molecule has 0 radical (unpaired) electrons. The van der Waals surface area contributed by atoms with Gasteiger partial charge in [-0.25, -0.2) is 0 Å². The largest absolute Gasteiger partial charge is 0.481 e. The van der Waals surface area contributed by atoms with Gasteiger partial charge in [-0.3, -0.25) is 4.79 Å². The van der Waals surface area contributed by atoms with Crippen molar-refractivity contribution in [3.05, 3.63) is 23.7 Å². The van der Waals surface area contributed by atoms with E-state index in [1.165, 1.54) is 0 Å². The molecule has 1 heterocycles. The highest BCUT2D eigenvalue weighted by atomic mass is 16.4. The summed E-state index contributed by atoms with van der Waals surface area (Å²) in [6.07, 6.45) is 1.71. The first-order chi connectivity index (χ1) is 5.93. The third-order valence-electron chi connectivity index (χ3n) is 2.18. The number of carbonyl (C=O) groups is 1. The normalized spacial score (nSPS) is 11.6. The van der Waals surface area contributed by atoms with E-state index in [9.17, 15) is 4.79 Å². The Morgan fingerprint density at radius 2 is 2.23 bits per heavy atom. The van der Waals surface area contributed by atoms with E-state index < -0.39 is 5.97 Å². The Morgan fingerprint density at radius 1 is 1.62 bits per heavy atom. The Kier molecular flexibility index (Phi) is 2.45. The van der Waals surface area contributed by atoms with Crippen molar-refractivity contribution in [2.24, 2.45) is 0 Å². The number of carboxylic acid groups (broad SMARTS) is 1. The molecule has 0 spiro atoms. The fraction of sp³-hybridized carbons (Fsp3) is 0.500. The number of hydrogen-bond acceptors (Lipinski definition) is 2. The highest BCUT2D eigenvalue weighted by Gasteiger charge is 2.26. The van der Waals surface area contributed by atoms with E-state index in [1.54, 1.807) is 6.26 Å². The number of aryl methyl sites for hydroxylation is 1. The topological polar surface area (TPSA) is 50.4 Å². The van der Waals surface area contributed by atoms with Crippen molar-refractivity contribution in [2.75, 3.05) is 0 Å². The van der Waals surface area contributed by atoms with Crippen molar-refractivity contribution < 1.29 is 14.3 Å². The maximum absolute atomic E-state index is 10.6. The summed E-state index contributed by atoms with van der Waals surface area (Å²) in [5, 5.41) is 8.71. The summed E-state index contributed by atoms with van der Waals surface area (Å²) in [4.78, 5) is 10.6. The molecule has 0 aromatic carbocycles. The number of aliphatic carboxylic acids is 1. The molecule has 1 aromatic heterocycles. The lowest BCUT2D eigenvalue weighted by molar-refractivity contribution is -0.138. The van der Waals surface area contributed by atoms with Crippen LogP contribution in [0.1, 0.15) is 31.6 Å². The van der Waals surface area contributed by atoms with Gasteiger partial charge in [0.15, 0.2) is 0 Å². The molecule has 0 aliphatic heterocycles. The van der Waals surface area contributed by atoms with E-state index in [-0.39, 0.29) is 11.8 Å². The smallest absolute Gasteiger partial charge is 0.304 e. The quantitative estimate of drug-likeness (QED) is 0.780. The molecule has 3 nitrogen and oxygen atoms in total. The Morgan fingerprint density at radius 3 is 2.62 bits per heavy atom. The molecule has 3 heteroatoms. The van der Waals surface area contributed by atoms with E-state index in [4.69, 9.17) is 9.52 Å². The Balaban J connectivity index is 2.93. The van der Waals surface area contributed by atoms with E-state index in [2.05, 4.69) is 0 Å². The fourth-order valence-electron chi connectivity index (χ4n) is 1.56. The predicted octanol–water partition coefficient (Wildman–Crippen LogP) is 2.34. The first kappa shape index (κ1) is 9.84. The second-order valence-corrected chi connectivity index (χ2v) is 3.84. The van der Waals surface area contributed by atoms with Crippen molar-refractivity contribution in [2.45, 2.75) is 32.6 Å². The summed E-state index contributed by atoms with van der Waals surface area (Å²) >= 11 is 0. The molecule has 0 bridgehead atoms. The zero-order chi connectivity index (χ0) is 10.1. The second kappa shape index (κ2) is 3.24. The third-order valence-corrected chi connectivity index (χ3v) is 2.18. The SMILES string of the molecule is Cc1occc1C(C)(C)CC(=O)O. The molecule has 13 heavy (non-hydrogen) atoms. The zero-order valence-electron chi connectivity index (χ0n) is 8.13. The Labute approximate surface area is 77.4 Å². The molecule has 1 N–H and O–H groups in total. The molecule has 0 amide bonds. The van der Waals surface area contributed by atoms with Gasteiger partial charge < -0.3 is 9.52 Å². The van der Waals surface area contributed by atoms with Crippen LogP contribution in [0.5, 0.6) is 0 Å². The standard InChI is InChI=1S/C10H14O3/c1-7-8(4-5-13-7)10(2,3)6-9(11)12/h4-5H,6H2,1-3H3,(H,11,12). The molecule has 0 unspecified atom stereocenters. The van der Waals surface area contributed by atoms with Crippen LogP contribution in [-0.2, 0) is 10.2 Å². The minimum atomic E-state index is -0.786. The van der Waals surface area contributed by atoms with Gasteiger partial charge in [-0.1, -0.05) is 13.8 Å². The van der Waals surface area contributed by atoms with Crippen LogP contribution in [0.25, 0.3) is 0 Å². The number of hydrogen-bond donors (Lipinski definition) is 1. The fourth-order valence-corrected chi connectivity index (χ4v) is 1.56. The van der Waals surface area contributed by atoms with Crippen LogP contribution in [0.2, 0.25) is 0 Å². The molecule has 1 rings (SSSR count). The van der Waals surface area contributed by atoms with Crippen molar-refractivity contribution in [1.29, 1.82) is 0 Å². The summed E-state index contributed by atoms with van der Waals surface area (Å²) in [5.74, 6) is 0.0110. The molecule has 0 fully saturated rings. The molecule has 0 saturated carbocycles. The highest BCUT2D eigenvalue weighted by molar-refractivity contribution is 5.68. The van der Waals surface area contributed by atoms with E-state index in [0.717, 1.165) is 11.3 Å². The zero-order valence-corrected chi connectivity index (χ0v) is 8.13. The van der Waals surface area contributed by atoms with Gasteiger partial charge in [0.25, 0.3) is 0 Å². The summed E-state index contributed by atoms with van der Waals surface area (Å²) in [7, 11) is 0. The van der Waals surface area contributed by atoms with Gasteiger partial charge in [-0.2, -0.15) is 0 Å². The average molecular weight is 182 g/mol. The molecule has 0 aliphatic carbocycles. The van der Waals surface area contributed by atoms with Crippen LogP contribution >= 0.6 is 0 Å². The molecular formula is C10H14O3. The van der Waals surface area contributed by atoms with E-state index in [0.29, 0.717) is 0 Å². The van der Waals surface area contributed by atoms with Crippen LogP contribution < -0.4 is 0 Å². The van der Waals surface area contributed by atoms with Crippen LogP contribution in [0.3, 0.4) is 0 Å². The van der Waals surface area contributed by atoms with E-state index >= 15 is 0 Å². The molecule has 0 saturated heterocycles. The van der Waals surface area contributed by atoms with E-state index in [1.807, 2.05) is 26.8 Å². The molecule has 72 valence electrons. The second-order valence-electron chi connectivity index (χ2n) is 3.84. The van der Waals surface area contributed by atoms with Crippen LogP contribution in [-0.4, -0.2) is 11.1 Å². The van der Waals surface area contributed by atoms with Gasteiger partial charge in [0, 0.05) is 5.41 Å². The lowest BCUT2D eigenvalue weighted by atomic mass is 9.82. The van der Waals surface area contributed by atoms with Gasteiger partial charge >= 0.3 is 5.97 Å². The average Bonchev–Trinajstić information content (AvgIpc) is 2.32. The number of carboxylic acids is 1. The highest BCUT2D eigenvalue weighted by Crippen LogP contribution is 2.30. The van der Waals surface area contributed by atoms with Crippen LogP contribution in [0.4, 0.5) is 0 Å². The first-order valence-electron chi connectivity index (χ1n) is 4.20. The van der Waals surface area contributed by atoms with Gasteiger partial charge in [0.1, 0.15) is 5.76 Å². The third kappa shape index (κ3) is 2.11. The molecule has 1 aromatic rings.